The summed E-state index contributed by atoms with van der Waals surface area (Å²) in [5, 5.41) is 0. The Morgan fingerprint density at radius 2 is 1.42 bits per heavy atom. The molecule has 0 spiro atoms. The second kappa shape index (κ2) is 8.08. The van der Waals surface area contributed by atoms with Crippen molar-refractivity contribution in [1.82, 2.24) is 0 Å². The number of benzene rings is 2. The van der Waals surface area contributed by atoms with E-state index in [2.05, 4.69) is 0 Å². The standard InChI is InChI=1S/C20H13ClO4S/c21-18-11-10-17(26-18)16(22)12-25-20(24)15-8-6-14(7-9-15)19(23)13-4-2-1-3-5-13/h1-11H,12H2. The summed E-state index contributed by atoms with van der Waals surface area (Å²) >= 11 is 6.91. The number of carbonyl (C=O) groups is 3. The van der Waals surface area contributed by atoms with Crippen molar-refractivity contribution in [2.75, 3.05) is 6.61 Å². The van der Waals surface area contributed by atoms with Crippen molar-refractivity contribution in [1.29, 1.82) is 0 Å². The van der Waals surface area contributed by atoms with Gasteiger partial charge in [0.05, 0.1) is 14.8 Å². The van der Waals surface area contributed by atoms with E-state index in [1.807, 2.05) is 6.07 Å². The first kappa shape index (κ1) is 18.0. The van der Waals surface area contributed by atoms with Crippen LogP contribution in [0.15, 0.2) is 66.7 Å². The molecule has 0 saturated carbocycles. The molecule has 0 radical (unpaired) electrons. The van der Waals surface area contributed by atoms with Crippen molar-refractivity contribution in [2.45, 2.75) is 0 Å². The lowest BCUT2D eigenvalue weighted by atomic mass is 10.0. The summed E-state index contributed by atoms with van der Waals surface area (Å²) in [5.41, 5.74) is 1.31. The van der Waals surface area contributed by atoms with Crippen molar-refractivity contribution in [3.63, 3.8) is 0 Å². The van der Waals surface area contributed by atoms with E-state index in [1.54, 1.807) is 48.5 Å². The SMILES string of the molecule is O=C(OCC(=O)c1ccc(Cl)s1)c1ccc(C(=O)c2ccccc2)cc1. The molecular weight excluding hydrogens is 372 g/mol. The first-order valence-corrected chi connectivity index (χ1v) is 8.89. The fourth-order valence-corrected chi connectivity index (χ4v) is 3.23. The molecule has 0 aliphatic rings. The van der Waals surface area contributed by atoms with Crippen molar-refractivity contribution >= 4 is 40.5 Å². The summed E-state index contributed by atoms with van der Waals surface area (Å²) in [7, 11) is 0. The molecule has 3 aromatic rings. The van der Waals surface area contributed by atoms with E-state index in [9.17, 15) is 14.4 Å². The maximum atomic E-state index is 12.3. The van der Waals surface area contributed by atoms with Gasteiger partial charge in [0.25, 0.3) is 0 Å². The van der Waals surface area contributed by atoms with E-state index in [-0.39, 0.29) is 23.7 Å². The van der Waals surface area contributed by atoms with Gasteiger partial charge in [-0.05, 0) is 24.3 Å². The van der Waals surface area contributed by atoms with Crippen molar-refractivity contribution in [2.24, 2.45) is 0 Å². The quantitative estimate of drug-likeness (QED) is 0.457. The lowest BCUT2D eigenvalue weighted by molar-refractivity contribution is 0.0475. The predicted octanol–water partition coefficient (Wildman–Crippen LogP) is 4.67. The predicted molar refractivity (Wildman–Crippen MR) is 100 cm³/mol. The molecule has 0 aliphatic heterocycles. The van der Waals surface area contributed by atoms with Gasteiger partial charge >= 0.3 is 5.97 Å². The van der Waals surface area contributed by atoms with Crippen molar-refractivity contribution in [3.05, 3.63) is 92.6 Å². The normalized spacial score (nSPS) is 10.3. The molecule has 3 rings (SSSR count). The number of hydrogen-bond donors (Lipinski definition) is 0. The van der Waals surface area contributed by atoms with Crippen LogP contribution >= 0.6 is 22.9 Å². The van der Waals surface area contributed by atoms with Crippen molar-refractivity contribution < 1.29 is 19.1 Å². The Labute approximate surface area is 159 Å². The lowest BCUT2D eigenvalue weighted by Gasteiger charge is -2.05. The summed E-state index contributed by atoms with van der Waals surface area (Å²) in [5.74, 6) is -1.07. The zero-order valence-corrected chi connectivity index (χ0v) is 15.0. The summed E-state index contributed by atoms with van der Waals surface area (Å²) in [4.78, 5) is 36.7. The molecule has 1 heterocycles. The van der Waals surface area contributed by atoms with Gasteiger partial charge < -0.3 is 4.74 Å². The van der Waals surface area contributed by atoms with E-state index in [0.29, 0.717) is 20.3 Å². The second-order valence-corrected chi connectivity index (χ2v) is 7.09. The van der Waals surface area contributed by atoms with E-state index < -0.39 is 5.97 Å². The summed E-state index contributed by atoms with van der Waals surface area (Å²) in [6, 6.07) is 18.2. The number of esters is 1. The Balaban J connectivity index is 1.62. The number of ether oxygens (including phenoxy) is 1. The number of carbonyl (C=O) groups excluding carboxylic acids is 3. The lowest BCUT2D eigenvalue weighted by Crippen LogP contribution is -2.13. The molecule has 0 atom stereocenters. The van der Waals surface area contributed by atoms with Crippen LogP contribution in [-0.4, -0.2) is 24.1 Å². The first-order valence-electron chi connectivity index (χ1n) is 7.70. The largest absolute Gasteiger partial charge is 0.454 e. The van der Waals surface area contributed by atoms with Crippen LogP contribution in [0.2, 0.25) is 4.34 Å². The van der Waals surface area contributed by atoms with Gasteiger partial charge in [-0.1, -0.05) is 54.1 Å². The molecule has 2 aromatic carbocycles. The number of thiophene rings is 1. The molecule has 6 heteroatoms. The Bertz CT molecular complexity index is 945. The number of rotatable bonds is 6. The molecule has 130 valence electrons. The molecule has 1 aromatic heterocycles. The molecule has 0 fully saturated rings. The van der Waals surface area contributed by atoms with Crippen LogP contribution in [0.5, 0.6) is 0 Å². The number of halogens is 1. The van der Waals surface area contributed by atoms with E-state index >= 15 is 0 Å². The monoisotopic (exact) mass is 384 g/mol. The highest BCUT2D eigenvalue weighted by molar-refractivity contribution is 7.18. The molecule has 0 unspecified atom stereocenters. The van der Waals surface area contributed by atoms with Crippen LogP contribution in [0, 0.1) is 0 Å². The highest BCUT2D eigenvalue weighted by Gasteiger charge is 2.14. The van der Waals surface area contributed by atoms with Crippen LogP contribution in [0.1, 0.15) is 36.0 Å². The van der Waals surface area contributed by atoms with Crippen LogP contribution in [-0.2, 0) is 4.74 Å². The third kappa shape index (κ3) is 4.25. The molecule has 0 saturated heterocycles. The topological polar surface area (TPSA) is 60.4 Å². The van der Waals surface area contributed by atoms with Crippen LogP contribution in [0.25, 0.3) is 0 Å². The molecule has 0 amide bonds. The van der Waals surface area contributed by atoms with Crippen LogP contribution in [0.4, 0.5) is 0 Å². The summed E-state index contributed by atoms with van der Waals surface area (Å²) in [6.07, 6.45) is 0. The smallest absolute Gasteiger partial charge is 0.338 e. The molecular formula is C20H13ClO4S. The van der Waals surface area contributed by atoms with Crippen molar-refractivity contribution in [3.8, 4) is 0 Å². The minimum atomic E-state index is -0.625. The van der Waals surface area contributed by atoms with Gasteiger partial charge in [-0.15, -0.1) is 11.3 Å². The van der Waals surface area contributed by atoms with Gasteiger partial charge in [-0.3, -0.25) is 9.59 Å². The summed E-state index contributed by atoms with van der Waals surface area (Å²) in [6.45, 7) is -0.361. The molecule has 0 aliphatic carbocycles. The maximum Gasteiger partial charge on any atom is 0.338 e. The third-order valence-corrected chi connectivity index (χ3v) is 4.87. The average Bonchev–Trinajstić information content (AvgIpc) is 3.12. The zero-order valence-electron chi connectivity index (χ0n) is 13.5. The van der Waals surface area contributed by atoms with E-state index in [4.69, 9.17) is 16.3 Å². The fraction of sp³-hybridized carbons (Fsp3) is 0.0500. The molecule has 26 heavy (non-hydrogen) atoms. The number of hydrogen-bond acceptors (Lipinski definition) is 5. The summed E-state index contributed by atoms with van der Waals surface area (Å²) < 4.78 is 5.53. The van der Waals surface area contributed by atoms with Gasteiger partial charge in [0, 0.05) is 11.1 Å². The highest BCUT2D eigenvalue weighted by Crippen LogP contribution is 2.22. The second-order valence-electron chi connectivity index (χ2n) is 5.38. The Kier molecular flexibility index (Phi) is 5.61. The van der Waals surface area contributed by atoms with Crippen LogP contribution < -0.4 is 0 Å². The number of ketones is 2. The maximum absolute atomic E-state index is 12.3. The first-order chi connectivity index (χ1) is 12.5. The Morgan fingerprint density at radius 1 is 0.808 bits per heavy atom. The average molecular weight is 385 g/mol. The highest BCUT2D eigenvalue weighted by atomic mass is 35.5. The van der Waals surface area contributed by atoms with Crippen LogP contribution in [0.3, 0.4) is 0 Å². The van der Waals surface area contributed by atoms with Gasteiger partial charge in [0.2, 0.25) is 5.78 Å². The van der Waals surface area contributed by atoms with E-state index in [0.717, 1.165) is 11.3 Å². The molecule has 4 nitrogen and oxygen atoms in total. The third-order valence-electron chi connectivity index (χ3n) is 3.60. The minimum absolute atomic E-state index is 0.129. The fourth-order valence-electron chi connectivity index (χ4n) is 2.26. The van der Waals surface area contributed by atoms with Gasteiger partial charge in [0.1, 0.15) is 0 Å². The van der Waals surface area contributed by atoms with E-state index in [1.165, 1.54) is 12.1 Å². The molecule has 0 N–H and O–H groups in total. The minimum Gasteiger partial charge on any atom is -0.454 e. The Hall–Kier alpha value is -2.76. The number of Topliss-reactive ketones (excluding diaryl/α,β-unsaturated/α-hetero) is 1. The van der Waals surface area contributed by atoms with Gasteiger partial charge in [0.15, 0.2) is 12.4 Å². The zero-order chi connectivity index (χ0) is 18.5. The van der Waals surface area contributed by atoms with Gasteiger partial charge in [-0.25, -0.2) is 4.79 Å². The Morgan fingerprint density at radius 3 is 2.04 bits per heavy atom. The van der Waals surface area contributed by atoms with Gasteiger partial charge in [-0.2, -0.15) is 0 Å². The molecule has 0 bridgehead atoms.